The van der Waals surface area contributed by atoms with Crippen molar-refractivity contribution in [2.75, 3.05) is 14.1 Å². The number of rotatable bonds is 5. The van der Waals surface area contributed by atoms with Gasteiger partial charge in [0.25, 0.3) is 11.6 Å². The standard InChI is InChI=1S/C19H15I2N3O4S/c1-22-16(18(25)23(2)19(22)29)9-12-7-14(20)17(15(21)8-12)28-10-11-3-5-13(6-4-11)24(26)27/h3-9H,10H2,1-2H3/b16-9-. The van der Waals surface area contributed by atoms with Crippen LogP contribution in [0.4, 0.5) is 5.69 Å². The predicted octanol–water partition coefficient (Wildman–Crippen LogP) is 4.41. The van der Waals surface area contributed by atoms with Crippen LogP contribution in [0, 0.1) is 17.3 Å². The summed E-state index contributed by atoms with van der Waals surface area (Å²) >= 11 is 9.62. The quantitative estimate of drug-likeness (QED) is 0.160. The van der Waals surface area contributed by atoms with Gasteiger partial charge in [0.2, 0.25) is 0 Å². The van der Waals surface area contributed by atoms with Gasteiger partial charge < -0.3 is 9.64 Å². The van der Waals surface area contributed by atoms with E-state index in [1.807, 2.05) is 18.2 Å². The highest BCUT2D eigenvalue weighted by molar-refractivity contribution is 14.1. The van der Waals surface area contributed by atoms with Gasteiger partial charge in [-0.1, -0.05) is 0 Å². The van der Waals surface area contributed by atoms with Crippen molar-refractivity contribution in [3.05, 3.63) is 70.5 Å². The van der Waals surface area contributed by atoms with Gasteiger partial charge in [0, 0.05) is 26.2 Å². The molecule has 7 nitrogen and oxygen atoms in total. The van der Waals surface area contributed by atoms with Gasteiger partial charge in [-0.2, -0.15) is 0 Å². The van der Waals surface area contributed by atoms with Crippen molar-refractivity contribution >= 4 is 80.2 Å². The number of nitro groups is 1. The molecule has 0 N–H and O–H groups in total. The van der Waals surface area contributed by atoms with Gasteiger partial charge in [-0.25, -0.2) is 0 Å². The first kappa shape index (κ1) is 21.9. The zero-order valence-corrected chi connectivity index (χ0v) is 20.5. The van der Waals surface area contributed by atoms with Crippen LogP contribution in [0.1, 0.15) is 11.1 Å². The summed E-state index contributed by atoms with van der Waals surface area (Å²) in [5, 5.41) is 11.2. The molecule has 0 radical (unpaired) electrons. The van der Waals surface area contributed by atoms with Crippen LogP contribution in [0.15, 0.2) is 42.1 Å². The number of nitro benzene ring substituents is 1. The molecule has 1 amide bonds. The van der Waals surface area contributed by atoms with Crippen molar-refractivity contribution in [3.63, 3.8) is 0 Å². The van der Waals surface area contributed by atoms with Gasteiger partial charge in [-0.3, -0.25) is 19.8 Å². The van der Waals surface area contributed by atoms with E-state index in [1.165, 1.54) is 17.0 Å². The maximum Gasteiger partial charge on any atom is 0.276 e. The Morgan fingerprint density at radius 2 is 1.72 bits per heavy atom. The zero-order chi connectivity index (χ0) is 21.3. The third-order valence-corrected chi connectivity index (χ3v) is 6.46. The molecule has 1 aliphatic heterocycles. The van der Waals surface area contributed by atoms with Crippen molar-refractivity contribution in [2.45, 2.75) is 6.61 Å². The molecule has 1 fully saturated rings. The van der Waals surface area contributed by atoms with E-state index in [-0.39, 0.29) is 11.6 Å². The fourth-order valence-corrected chi connectivity index (χ4v) is 5.03. The second-order valence-corrected chi connectivity index (χ2v) is 8.95. The molecule has 29 heavy (non-hydrogen) atoms. The van der Waals surface area contributed by atoms with Gasteiger partial charge in [-0.05, 0) is 98.9 Å². The number of halogens is 2. The molecule has 150 valence electrons. The highest BCUT2D eigenvalue weighted by atomic mass is 127. The van der Waals surface area contributed by atoms with Gasteiger partial charge in [0.1, 0.15) is 18.1 Å². The first-order valence-electron chi connectivity index (χ1n) is 8.31. The Labute approximate surface area is 200 Å². The summed E-state index contributed by atoms with van der Waals surface area (Å²) in [7, 11) is 3.43. The van der Waals surface area contributed by atoms with Gasteiger partial charge in [-0.15, -0.1) is 0 Å². The summed E-state index contributed by atoms with van der Waals surface area (Å²) in [5.41, 5.74) is 2.27. The topological polar surface area (TPSA) is 75.9 Å². The van der Waals surface area contributed by atoms with E-state index in [2.05, 4.69) is 45.2 Å². The molecule has 0 bridgehead atoms. The highest BCUT2D eigenvalue weighted by Gasteiger charge is 2.32. The van der Waals surface area contributed by atoms with E-state index in [0.29, 0.717) is 17.4 Å². The summed E-state index contributed by atoms with van der Waals surface area (Å²) < 4.78 is 7.73. The monoisotopic (exact) mass is 635 g/mol. The first-order valence-corrected chi connectivity index (χ1v) is 10.9. The van der Waals surface area contributed by atoms with E-state index >= 15 is 0 Å². The molecule has 2 aromatic carbocycles. The highest BCUT2D eigenvalue weighted by Crippen LogP contribution is 2.31. The summed E-state index contributed by atoms with van der Waals surface area (Å²) in [6.07, 6.45) is 1.81. The first-order chi connectivity index (χ1) is 13.7. The average Bonchev–Trinajstić information content (AvgIpc) is 2.85. The molecule has 3 rings (SSSR count). The van der Waals surface area contributed by atoms with Crippen LogP contribution < -0.4 is 4.74 Å². The number of carbonyl (C=O) groups excluding carboxylic acids is 1. The lowest BCUT2D eigenvalue weighted by Crippen LogP contribution is -2.26. The lowest BCUT2D eigenvalue weighted by molar-refractivity contribution is -0.384. The third-order valence-electron chi connectivity index (χ3n) is 4.31. The van der Waals surface area contributed by atoms with Crippen molar-refractivity contribution in [3.8, 4) is 5.75 Å². The second kappa shape index (κ2) is 8.92. The van der Waals surface area contributed by atoms with Crippen LogP contribution >= 0.6 is 57.4 Å². The Balaban J connectivity index is 1.79. The van der Waals surface area contributed by atoms with E-state index in [0.717, 1.165) is 24.0 Å². The fourth-order valence-electron chi connectivity index (χ4n) is 2.72. The number of benzene rings is 2. The molecular weight excluding hydrogens is 620 g/mol. The molecule has 0 atom stereocenters. The summed E-state index contributed by atoms with van der Waals surface area (Å²) in [4.78, 5) is 25.8. The van der Waals surface area contributed by atoms with E-state index in [4.69, 9.17) is 17.0 Å². The number of likely N-dealkylation sites (N-methyl/N-ethyl adjacent to an activating group) is 2. The molecule has 0 saturated carbocycles. The van der Waals surface area contributed by atoms with Gasteiger partial charge in [0.15, 0.2) is 5.11 Å². The van der Waals surface area contributed by atoms with Crippen LogP contribution in [0.2, 0.25) is 0 Å². The minimum Gasteiger partial charge on any atom is -0.487 e. The van der Waals surface area contributed by atoms with E-state index < -0.39 is 4.92 Å². The molecule has 2 aromatic rings. The summed E-state index contributed by atoms with van der Waals surface area (Å²) in [6.45, 7) is 0.296. The van der Waals surface area contributed by atoms with E-state index in [9.17, 15) is 14.9 Å². The normalized spacial score (nSPS) is 15.4. The Bertz CT molecular complexity index is 1020. The maximum absolute atomic E-state index is 12.4. The smallest absolute Gasteiger partial charge is 0.276 e. The summed E-state index contributed by atoms with van der Waals surface area (Å²) in [6, 6.07) is 10.1. The summed E-state index contributed by atoms with van der Waals surface area (Å²) in [5.74, 6) is 0.589. The van der Waals surface area contributed by atoms with Crippen LogP contribution in [-0.2, 0) is 11.4 Å². The molecule has 0 spiro atoms. The minimum absolute atomic E-state index is 0.0480. The van der Waals surface area contributed by atoms with Gasteiger partial charge in [0.05, 0.1) is 12.1 Å². The number of hydrogen-bond donors (Lipinski definition) is 0. The molecule has 0 aliphatic carbocycles. The molecule has 1 aliphatic rings. The number of hydrogen-bond acceptors (Lipinski definition) is 5. The minimum atomic E-state index is -0.430. The Hall–Kier alpha value is -1.80. The molecule has 0 aromatic heterocycles. The van der Waals surface area contributed by atoms with Crippen LogP contribution in [0.25, 0.3) is 6.08 Å². The van der Waals surface area contributed by atoms with Crippen molar-refractivity contribution < 1.29 is 14.5 Å². The number of ether oxygens (including phenoxy) is 1. The van der Waals surface area contributed by atoms with Crippen LogP contribution in [0.3, 0.4) is 0 Å². The number of thiocarbonyl (C=S) groups is 1. The predicted molar refractivity (Wildman–Crippen MR) is 130 cm³/mol. The van der Waals surface area contributed by atoms with Crippen LogP contribution in [0.5, 0.6) is 5.75 Å². The SMILES string of the molecule is CN1C(=O)/C(=C/c2cc(I)c(OCc3ccc([N+](=O)[O-])cc3)c(I)c2)N(C)C1=S. The maximum atomic E-state index is 12.4. The number of amides is 1. The number of nitrogens with zero attached hydrogens (tertiary/aromatic N) is 3. The Morgan fingerprint density at radius 1 is 1.14 bits per heavy atom. The third kappa shape index (κ3) is 4.69. The van der Waals surface area contributed by atoms with Crippen molar-refractivity contribution in [1.29, 1.82) is 0 Å². The molecule has 0 unspecified atom stereocenters. The van der Waals surface area contributed by atoms with Crippen molar-refractivity contribution in [1.82, 2.24) is 9.80 Å². The second-order valence-electron chi connectivity index (χ2n) is 6.26. The zero-order valence-electron chi connectivity index (χ0n) is 15.4. The molecule has 1 heterocycles. The van der Waals surface area contributed by atoms with Gasteiger partial charge >= 0.3 is 0 Å². The Kier molecular flexibility index (Phi) is 6.73. The van der Waals surface area contributed by atoms with Crippen molar-refractivity contribution in [2.24, 2.45) is 0 Å². The largest absolute Gasteiger partial charge is 0.487 e. The lowest BCUT2D eigenvalue weighted by atomic mass is 10.1. The number of non-ortho nitro benzene ring substituents is 1. The van der Waals surface area contributed by atoms with Crippen LogP contribution in [-0.4, -0.2) is 39.8 Å². The fraction of sp³-hybridized carbons (Fsp3) is 0.158. The average molecular weight is 635 g/mol. The molecular formula is C19H15I2N3O4S. The number of carbonyl (C=O) groups is 1. The molecule has 1 saturated heterocycles. The Morgan fingerprint density at radius 3 is 2.21 bits per heavy atom. The molecule has 10 heteroatoms. The lowest BCUT2D eigenvalue weighted by Gasteiger charge is -2.13. The van der Waals surface area contributed by atoms with E-state index in [1.54, 1.807) is 31.1 Å².